The Labute approximate surface area is 83.6 Å². The number of carbonyl (C=O) groups is 1. The minimum Gasteiger partial charge on any atom is -0.432 e. The van der Waals surface area contributed by atoms with Gasteiger partial charge in [0.1, 0.15) is 0 Å². The predicted octanol–water partition coefficient (Wildman–Crippen LogP) is 2.21. The minimum absolute atomic E-state index is 0.688. The van der Waals surface area contributed by atoms with E-state index in [1.165, 1.54) is 18.5 Å². The van der Waals surface area contributed by atoms with E-state index in [9.17, 15) is 18.0 Å². The van der Waals surface area contributed by atoms with E-state index in [0.717, 1.165) is 13.8 Å². The third-order valence-electron chi connectivity index (χ3n) is 1.72. The molecule has 1 rings (SSSR count). The highest BCUT2D eigenvalue weighted by Crippen LogP contribution is 2.32. The van der Waals surface area contributed by atoms with Crippen molar-refractivity contribution in [1.82, 2.24) is 9.78 Å². The first-order valence-corrected chi connectivity index (χ1v) is 4.04. The van der Waals surface area contributed by atoms with Crippen molar-refractivity contribution >= 4 is 6.09 Å². The summed E-state index contributed by atoms with van der Waals surface area (Å²) < 4.78 is 42.0. The molecule has 1 heterocycles. The molecule has 1 aromatic heterocycles. The Morgan fingerprint density at radius 2 is 2.00 bits per heavy atom. The Kier molecular flexibility index (Phi) is 2.74. The summed E-state index contributed by atoms with van der Waals surface area (Å²) in [6, 6.07) is 1.40. The monoisotopic (exact) mass is 222 g/mol. The van der Waals surface area contributed by atoms with E-state index >= 15 is 0 Å². The van der Waals surface area contributed by atoms with Gasteiger partial charge in [0.15, 0.2) is 0 Å². The number of alkyl halides is 3. The number of hydrogen-bond acceptors (Lipinski definition) is 3. The molecular weight excluding hydrogens is 213 g/mol. The van der Waals surface area contributed by atoms with E-state index in [4.69, 9.17) is 0 Å². The zero-order valence-corrected chi connectivity index (χ0v) is 8.08. The lowest BCUT2D eigenvalue weighted by Crippen LogP contribution is -2.44. The molecule has 0 saturated carbocycles. The van der Waals surface area contributed by atoms with E-state index < -0.39 is 17.9 Å². The third kappa shape index (κ3) is 2.48. The first kappa shape index (κ1) is 11.5. The number of nitrogens with zero attached hydrogens (tertiary/aromatic N) is 2. The van der Waals surface area contributed by atoms with Gasteiger partial charge in [-0.3, -0.25) is 0 Å². The van der Waals surface area contributed by atoms with E-state index in [-0.39, 0.29) is 0 Å². The average Bonchev–Trinajstić information content (AvgIpc) is 2.51. The van der Waals surface area contributed by atoms with Crippen LogP contribution in [0.1, 0.15) is 13.8 Å². The topological polar surface area (TPSA) is 44.1 Å². The molecule has 0 aliphatic heterocycles. The lowest BCUT2D eigenvalue weighted by molar-refractivity contribution is -0.244. The van der Waals surface area contributed by atoms with Crippen molar-refractivity contribution in [3.05, 3.63) is 18.5 Å². The van der Waals surface area contributed by atoms with Gasteiger partial charge in [-0.25, -0.2) is 4.79 Å². The fraction of sp³-hybridized carbons (Fsp3) is 0.500. The lowest BCUT2D eigenvalue weighted by atomic mass is 10.1. The molecule has 7 heteroatoms. The van der Waals surface area contributed by atoms with Gasteiger partial charge in [0.2, 0.25) is 5.60 Å². The summed E-state index contributed by atoms with van der Waals surface area (Å²) in [4.78, 5) is 11.1. The van der Waals surface area contributed by atoms with Crippen LogP contribution in [0, 0.1) is 0 Å². The maximum atomic E-state index is 12.3. The molecule has 0 spiro atoms. The maximum absolute atomic E-state index is 12.3. The molecule has 0 saturated heterocycles. The predicted molar refractivity (Wildman–Crippen MR) is 44.2 cm³/mol. The van der Waals surface area contributed by atoms with Crippen LogP contribution in [0.4, 0.5) is 18.0 Å². The summed E-state index contributed by atoms with van der Waals surface area (Å²) in [5.41, 5.74) is -2.53. The zero-order valence-electron chi connectivity index (χ0n) is 8.08. The van der Waals surface area contributed by atoms with Gasteiger partial charge in [0.05, 0.1) is 0 Å². The second kappa shape index (κ2) is 3.56. The van der Waals surface area contributed by atoms with Crippen molar-refractivity contribution in [1.29, 1.82) is 0 Å². The van der Waals surface area contributed by atoms with Gasteiger partial charge in [-0.05, 0) is 19.9 Å². The molecule has 1 aromatic rings. The van der Waals surface area contributed by atoms with Gasteiger partial charge in [-0.15, -0.1) is 0 Å². The molecule has 0 aromatic carbocycles. The SMILES string of the molecule is CC(C)(OC(=O)n1cccn1)C(F)(F)F. The largest absolute Gasteiger partial charge is 0.435 e. The Hall–Kier alpha value is -1.53. The van der Waals surface area contributed by atoms with Crippen molar-refractivity contribution in [3.8, 4) is 0 Å². The molecule has 0 fully saturated rings. The smallest absolute Gasteiger partial charge is 0.432 e. The highest BCUT2D eigenvalue weighted by molar-refractivity contribution is 5.69. The van der Waals surface area contributed by atoms with E-state index in [0.29, 0.717) is 4.68 Å². The summed E-state index contributed by atoms with van der Waals surface area (Å²) in [5, 5.41) is 3.46. The van der Waals surface area contributed by atoms with Gasteiger partial charge < -0.3 is 4.74 Å². The third-order valence-corrected chi connectivity index (χ3v) is 1.72. The van der Waals surface area contributed by atoms with Crippen molar-refractivity contribution in [2.24, 2.45) is 0 Å². The van der Waals surface area contributed by atoms with Gasteiger partial charge in [-0.2, -0.15) is 23.0 Å². The highest BCUT2D eigenvalue weighted by atomic mass is 19.4. The standard InChI is InChI=1S/C8H9F3N2O2/c1-7(2,8(9,10)11)15-6(14)13-5-3-4-12-13/h3-5H,1-2H3. The van der Waals surface area contributed by atoms with Crippen molar-refractivity contribution in [2.45, 2.75) is 25.6 Å². The molecule has 0 amide bonds. The van der Waals surface area contributed by atoms with Crippen LogP contribution in [-0.4, -0.2) is 27.7 Å². The number of aromatic nitrogens is 2. The summed E-state index contributed by atoms with van der Waals surface area (Å²) in [7, 11) is 0. The summed E-state index contributed by atoms with van der Waals surface area (Å²) in [5.74, 6) is 0. The Bertz CT molecular complexity index is 343. The number of halogens is 3. The Morgan fingerprint density at radius 3 is 2.40 bits per heavy atom. The fourth-order valence-corrected chi connectivity index (χ4v) is 0.700. The van der Waals surface area contributed by atoms with Crippen LogP contribution in [0.2, 0.25) is 0 Å². The molecule has 0 atom stereocenters. The molecule has 84 valence electrons. The van der Waals surface area contributed by atoms with Crippen molar-refractivity contribution in [2.75, 3.05) is 0 Å². The number of ether oxygens (including phenoxy) is 1. The second-order valence-electron chi connectivity index (χ2n) is 3.33. The normalized spacial score (nSPS) is 12.6. The van der Waals surface area contributed by atoms with E-state index in [2.05, 4.69) is 9.84 Å². The first-order chi connectivity index (χ1) is 6.74. The first-order valence-electron chi connectivity index (χ1n) is 4.04. The quantitative estimate of drug-likeness (QED) is 0.731. The number of carbonyl (C=O) groups excluding carboxylic acids is 1. The molecule has 0 aliphatic rings. The number of rotatable bonds is 1. The summed E-state index contributed by atoms with van der Waals surface area (Å²) >= 11 is 0. The molecule has 0 N–H and O–H groups in total. The van der Waals surface area contributed by atoms with Crippen LogP contribution in [-0.2, 0) is 4.74 Å². The van der Waals surface area contributed by atoms with Gasteiger partial charge >= 0.3 is 12.3 Å². The molecular formula is C8H9F3N2O2. The Balaban J connectivity index is 2.75. The maximum Gasteiger partial charge on any atom is 0.435 e. The number of hydrogen-bond donors (Lipinski definition) is 0. The van der Waals surface area contributed by atoms with Gasteiger partial charge in [0.25, 0.3) is 0 Å². The molecule has 0 unspecified atom stereocenters. The van der Waals surface area contributed by atoms with Crippen LogP contribution in [0.5, 0.6) is 0 Å². The second-order valence-corrected chi connectivity index (χ2v) is 3.33. The average molecular weight is 222 g/mol. The lowest BCUT2D eigenvalue weighted by Gasteiger charge is -2.27. The molecule has 0 bridgehead atoms. The molecule has 0 radical (unpaired) electrons. The zero-order chi connectivity index (χ0) is 11.7. The van der Waals surface area contributed by atoms with Crippen LogP contribution < -0.4 is 0 Å². The van der Waals surface area contributed by atoms with E-state index in [1.54, 1.807) is 0 Å². The summed E-state index contributed by atoms with van der Waals surface area (Å²) in [6.45, 7) is 1.54. The van der Waals surface area contributed by atoms with Crippen LogP contribution in [0.3, 0.4) is 0 Å². The Morgan fingerprint density at radius 1 is 1.40 bits per heavy atom. The van der Waals surface area contributed by atoms with E-state index in [1.807, 2.05) is 0 Å². The van der Waals surface area contributed by atoms with Gasteiger partial charge in [-0.1, -0.05) is 0 Å². The molecule has 4 nitrogen and oxygen atoms in total. The molecule has 15 heavy (non-hydrogen) atoms. The summed E-state index contributed by atoms with van der Waals surface area (Å²) in [6.07, 6.45) is -3.31. The minimum atomic E-state index is -4.62. The van der Waals surface area contributed by atoms with Crippen LogP contribution >= 0.6 is 0 Å². The fourth-order valence-electron chi connectivity index (χ4n) is 0.700. The van der Waals surface area contributed by atoms with Crippen LogP contribution in [0.15, 0.2) is 18.5 Å². The van der Waals surface area contributed by atoms with Crippen LogP contribution in [0.25, 0.3) is 0 Å². The van der Waals surface area contributed by atoms with Gasteiger partial charge in [0, 0.05) is 12.4 Å². The van der Waals surface area contributed by atoms with Crippen molar-refractivity contribution in [3.63, 3.8) is 0 Å². The van der Waals surface area contributed by atoms with Crippen molar-refractivity contribution < 1.29 is 22.7 Å². The molecule has 0 aliphatic carbocycles. The highest BCUT2D eigenvalue weighted by Gasteiger charge is 2.51.